The van der Waals surface area contributed by atoms with Gasteiger partial charge in [0.1, 0.15) is 11.5 Å². The van der Waals surface area contributed by atoms with Gasteiger partial charge < -0.3 is 13.8 Å². The summed E-state index contributed by atoms with van der Waals surface area (Å²) in [6, 6.07) is 5.53. The Morgan fingerprint density at radius 2 is 2.11 bits per heavy atom. The van der Waals surface area contributed by atoms with Crippen molar-refractivity contribution in [3.05, 3.63) is 53.5 Å². The van der Waals surface area contributed by atoms with Crippen LogP contribution < -0.4 is 0 Å². The Bertz CT molecular complexity index is 948. The summed E-state index contributed by atoms with van der Waals surface area (Å²) in [5, 5.41) is 4.09. The molecule has 7 heteroatoms. The molecule has 0 spiro atoms. The number of aromatic nitrogens is 3. The van der Waals surface area contributed by atoms with E-state index in [-0.39, 0.29) is 5.91 Å². The molecule has 0 aromatic carbocycles. The number of amides is 1. The number of hydrogen-bond donors (Lipinski definition) is 0. The second-order valence-electron chi connectivity index (χ2n) is 7.38. The molecule has 1 unspecified atom stereocenters. The van der Waals surface area contributed by atoms with E-state index < -0.39 is 0 Å². The van der Waals surface area contributed by atoms with Crippen molar-refractivity contribution in [3.8, 4) is 11.5 Å². The first-order chi connectivity index (χ1) is 13.6. The Kier molecular flexibility index (Phi) is 5.23. The molecule has 0 aliphatic carbocycles. The van der Waals surface area contributed by atoms with Crippen LogP contribution >= 0.6 is 0 Å². The van der Waals surface area contributed by atoms with E-state index in [0.29, 0.717) is 29.0 Å². The summed E-state index contributed by atoms with van der Waals surface area (Å²) in [4.78, 5) is 23.3. The molecular weight excluding hydrogens is 356 g/mol. The molecule has 1 saturated heterocycles. The Morgan fingerprint density at radius 1 is 1.29 bits per heavy atom. The van der Waals surface area contributed by atoms with Gasteiger partial charge in [0.25, 0.3) is 11.8 Å². The largest absolute Gasteiger partial charge is 0.466 e. The van der Waals surface area contributed by atoms with Crippen LogP contribution in [-0.4, -0.2) is 39.0 Å². The lowest BCUT2D eigenvalue weighted by Gasteiger charge is -2.32. The van der Waals surface area contributed by atoms with Crippen molar-refractivity contribution in [1.29, 1.82) is 0 Å². The number of piperidine rings is 1. The lowest BCUT2D eigenvalue weighted by molar-refractivity contribution is 0.0666. The summed E-state index contributed by atoms with van der Waals surface area (Å²) in [5.41, 5.74) is 1.55. The van der Waals surface area contributed by atoms with E-state index >= 15 is 0 Å². The molecule has 1 amide bonds. The second kappa shape index (κ2) is 7.96. The van der Waals surface area contributed by atoms with Crippen molar-refractivity contribution in [3.63, 3.8) is 0 Å². The van der Waals surface area contributed by atoms with Crippen LogP contribution in [0.5, 0.6) is 0 Å². The van der Waals surface area contributed by atoms with Gasteiger partial charge >= 0.3 is 0 Å². The molecule has 0 N–H and O–H groups in total. The highest BCUT2D eigenvalue weighted by atomic mass is 16.5. The third kappa shape index (κ3) is 3.98. The van der Waals surface area contributed by atoms with Crippen molar-refractivity contribution in [1.82, 2.24) is 20.0 Å². The standard InChI is InChI=1S/C21H24N4O3/c1-14-12-18(15(2)27-14)21(26)25-11-3-4-16(13-25)5-6-19-23-20(28-24-19)17-7-9-22-10-8-17/h7-10,12,16H,3-6,11,13H2,1-2H3. The van der Waals surface area contributed by atoms with E-state index in [1.807, 2.05) is 36.9 Å². The molecule has 3 aromatic rings. The number of hydrogen-bond acceptors (Lipinski definition) is 6. The molecule has 4 rings (SSSR count). The molecular formula is C21H24N4O3. The molecule has 146 valence electrons. The number of pyridine rings is 1. The van der Waals surface area contributed by atoms with E-state index in [1.54, 1.807) is 12.4 Å². The van der Waals surface area contributed by atoms with Gasteiger partial charge in [-0.05, 0) is 57.2 Å². The third-order valence-corrected chi connectivity index (χ3v) is 5.25. The Morgan fingerprint density at radius 3 is 2.86 bits per heavy atom. The molecule has 0 radical (unpaired) electrons. The topological polar surface area (TPSA) is 85.3 Å². The lowest BCUT2D eigenvalue weighted by atomic mass is 9.93. The molecule has 4 heterocycles. The van der Waals surface area contributed by atoms with Crippen LogP contribution in [0.4, 0.5) is 0 Å². The highest BCUT2D eigenvalue weighted by molar-refractivity contribution is 5.95. The summed E-state index contributed by atoms with van der Waals surface area (Å²) in [6.07, 6.45) is 7.21. The van der Waals surface area contributed by atoms with Crippen LogP contribution in [0.15, 0.2) is 39.5 Å². The van der Waals surface area contributed by atoms with Crippen LogP contribution in [-0.2, 0) is 6.42 Å². The lowest BCUT2D eigenvalue weighted by Crippen LogP contribution is -2.40. The van der Waals surface area contributed by atoms with Crippen LogP contribution in [0, 0.1) is 19.8 Å². The molecule has 7 nitrogen and oxygen atoms in total. The predicted octanol–water partition coefficient (Wildman–Crippen LogP) is 3.83. The number of nitrogens with zero attached hydrogens (tertiary/aromatic N) is 4. The van der Waals surface area contributed by atoms with Gasteiger partial charge in [0.2, 0.25) is 0 Å². The minimum Gasteiger partial charge on any atom is -0.466 e. The Balaban J connectivity index is 1.35. The molecule has 0 saturated carbocycles. The highest BCUT2D eigenvalue weighted by Crippen LogP contribution is 2.25. The average Bonchev–Trinajstić information content (AvgIpc) is 3.33. The van der Waals surface area contributed by atoms with E-state index in [1.165, 1.54) is 0 Å². The number of carbonyl (C=O) groups is 1. The van der Waals surface area contributed by atoms with Crippen LogP contribution in [0.1, 0.15) is 47.0 Å². The number of furan rings is 1. The zero-order valence-electron chi connectivity index (χ0n) is 16.2. The van der Waals surface area contributed by atoms with E-state index in [9.17, 15) is 4.79 Å². The number of carbonyl (C=O) groups excluding carboxylic acids is 1. The fourth-order valence-electron chi connectivity index (χ4n) is 3.80. The fraction of sp³-hybridized carbons (Fsp3) is 0.429. The molecule has 1 fully saturated rings. The smallest absolute Gasteiger partial charge is 0.258 e. The maximum atomic E-state index is 12.8. The van der Waals surface area contributed by atoms with E-state index in [4.69, 9.17) is 8.94 Å². The summed E-state index contributed by atoms with van der Waals surface area (Å²) in [6.45, 7) is 5.27. The number of likely N-dealkylation sites (tertiary alicyclic amines) is 1. The first-order valence-corrected chi connectivity index (χ1v) is 9.69. The first kappa shape index (κ1) is 18.4. The summed E-state index contributed by atoms with van der Waals surface area (Å²) in [7, 11) is 0. The minimum absolute atomic E-state index is 0.0681. The van der Waals surface area contributed by atoms with Gasteiger partial charge in [0.05, 0.1) is 5.56 Å². The second-order valence-corrected chi connectivity index (χ2v) is 7.38. The van der Waals surface area contributed by atoms with E-state index in [2.05, 4.69) is 15.1 Å². The summed E-state index contributed by atoms with van der Waals surface area (Å²) < 4.78 is 10.9. The zero-order chi connectivity index (χ0) is 19.5. The monoisotopic (exact) mass is 380 g/mol. The normalized spacial score (nSPS) is 17.1. The molecule has 1 aliphatic rings. The van der Waals surface area contributed by atoms with Gasteiger partial charge in [-0.3, -0.25) is 9.78 Å². The van der Waals surface area contributed by atoms with Gasteiger partial charge in [0, 0.05) is 37.5 Å². The van der Waals surface area contributed by atoms with Crippen LogP contribution in [0.25, 0.3) is 11.5 Å². The maximum absolute atomic E-state index is 12.8. The van der Waals surface area contributed by atoms with Crippen molar-refractivity contribution in [2.45, 2.75) is 39.5 Å². The van der Waals surface area contributed by atoms with E-state index in [0.717, 1.165) is 50.1 Å². The van der Waals surface area contributed by atoms with Gasteiger partial charge in [-0.1, -0.05) is 5.16 Å². The third-order valence-electron chi connectivity index (χ3n) is 5.25. The summed E-state index contributed by atoms with van der Waals surface area (Å²) >= 11 is 0. The zero-order valence-corrected chi connectivity index (χ0v) is 16.2. The van der Waals surface area contributed by atoms with Gasteiger partial charge in [-0.2, -0.15) is 4.98 Å². The SMILES string of the molecule is Cc1cc(C(=O)N2CCCC(CCc3noc(-c4ccncc4)n3)C2)c(C)o1. The van der Waals surface area contributed by atoms with Gasteiger partial charge in [0.15, 0.2) is 5.82 Å². The molecule has 1 atom stereocenters. The van der Waals surface area contributed by atoms with Crippen LogP contribution in [0.3, 0.4) is 0 Å². The van der Waals surface area contributed by atoms with Crippen molar-refractivity contribution in [2.24, 2.45) is 5.92 Å². The van der Waals surface area contributed by atoms with Crippen LogP contribution in [0.2, 0.25) is 0 Å². The number of aryl methyl sites for hydroxylation is 3. The quantitative estimate of drug-likeness (QED) is 0.669. The molecule has 0 bridgehead atoms. The highest BCUT2D eigenvalue weighted by Gasteiger charge is 2.27. The first-order valence-electron chi connectivity index (χ1n) is 9.69. The van der Waals surface area contributed by atoms with Crippen molar-refractivity contribution in [2.75, 3.05) is 13.1 Å². The van der Waals surface area contributed by atoms with Gasteiger partial charge in [-0.25, -0.2) is 0 Å². The fourth-order valence-corrected chi connectivity index (χ4v) is 3.80. The minimum atomic E-state index is 0.0681. The van der Waals surface area contributed by atoms with Gasteiger partial charge in [-0.15, -0.1) is 0 Å². The number of rotatable bonds is 5. The van der Waals surface area contributed by atoms with Crippen molar-refractivity contribution >= 4 is 5.91 Å². The molecule has 1 aliphatic heterocycles. The average molecular weight is 380 g/mol. The Labute approximate surface area is 163 Å². The molecule has 3 aromatic heterocycles. The van der Waals surface area contributed by atoms with Crippen molar-refractivity contribution < 1.29 is 13.7 Å². The maximum Gasteiger partial charge on any atom is 0.258 e. The molecule has 28 heavy (non-hydrogen) atoms. The predicted molar refractivity (Wildman–Crippen MR) is 103 cm³/mol. The summed E-state index contributed by atoms with van der Waals surface area (Å²) in [5.74, 6) is 3.20. The Hall–Kier alpha value is -2.96.